The topological polar surface area (TPSA) is 96.0 Å². The first-order valence-electron chi connectivity index (χ1n) is 10.3. The maximum atomic E-state index is 11.9. The number of rotatable bonds is 7. The molecule has 2 heterocycles. The lowest BCUT2D eigenvalue weighted by Gasteiger charge is -2.19. The number of halogens is 1. The molecule has 31 heavy (non-hydrogen) atoms. The van der Waals surface area contributed by atoms with E-state index in [9.17, 15) is 10.1 Å². The lowest BCUT2D eigenvalue weighted by Crippen LogP contribution is -2.37. The molecule has 1 aromatic heterocycles. The number of amidine groups is 2. The van der Waals surface area contributed by atoms with E-state index in [1.165, 1.54) is 0 Å². The van der Waals surface area contributed by atoms with Crippen molar-refractivity contribution in [3.63, 3.8) is 0 Å². The Bertz CT molecular complexity index is 975. The first-order chi connectivity index (χ1) is 14.8. The van der Waals surface area contributed by atoms with Gasteiger partial charge in [-0.15, -0.1) is 0 Å². The number of nitro groups is 1. The van der Waals surface area contributed by atoms with Crippen LogP contribution in [0.25, 0.3) is 0 Å². The predicted octanol–water partition coefficient (Wildman–Crippen LogP) is 4.90. The Labute approximate surface area is 187 Å². The predicted molar refractivity (Wildman–Crippen MR) is 125 cm³/mol. The van der Waals surface area contributed by atoms with E-state index in [0.29, 0.717) is 24.8 Å². The number of aromatic nitrogens is 1. The van der Waals surface area contributed by atoms with Gasteiger partial charge in [0.2, 0.25) is 5.84 Å². The molecule has 3 rings (SSSR count). The standard InChI is InChI=1S/C22H27ClN6O2/c1-14(2)17-6-5-7-18(15(3)4)20(17)26-27-22(29(30)31)21-24-10-11-28(21)13-16-8-9-19(23)25-12-16/h5-9,12,14-15,26H,10-11,13H2,1-4H3/b27-22-. The monoisotopic (exact) mass is 442 g/mol. The Morgan fingerprint density at radius 3 is 2.45 bits per heavy atom. The summed E-state index contributed by atoms with van der Waals surface area (Å²) in [6, 6.07) is 9.60. The molecule has 1 aliphatic rings. The minimum absolute atomic E-state index is 0.244. The molecule has 0 fully saturated rings. The molecule has 0 bridgehead atoms. The molecule has 0 unspecified atom stereocenters. The molecule has 0 saturated heterocycles. The summed E-state index contributed by atoms with van der Waals surface area (Å²) in [6.45, 7) is 9.85. The van der Waals surface area contributed by atoms with Gasteiger partial charge < -0.3 is 15.0 Å². The first-order valence-corrected chi connectivity index (χ1v) is 10.7. The van der Waals surface area contributed by atoms with Crippen molar-refractivity contribution < 1.29 is 4.92 Å². The average molecular weight is 443 g/mol. The van der Waals surface area contributed by atoms with Crippen molar-refractivity contribution in [1.29, 1.82) is 0 Å². The van der Waals surface area contributed by atoms with Crippen molar-refractivity contribution in [2.75, 3.05) is 18.5 Å². The maximum absolute atomic E-state index is 11.9. The summed E-state index contributed by atoms with van der Waals surface area (Å²) < 4.78 is 0. The Hall–Kier alpha value is -3.00. The summed E-state index contributed by atoms with van der Waals surface area (Å²) in [7, 11) is 0. The van der Waals surface area contributed by atoms with Crippen LogP contribution in [0.5, 0.6) is 0 Å². The number of nitrogens with zero attached hydrogens (tertiary/aromatic N) is 5. The summed E-state index contributed by atoms with van der Waals surface area (Å²) in [5.74, 6) is 0.453. The fraction of sp³-hybridized carbons (Fsp3) is 0.409. The van der Waals surface area contributed by atoms with Gasteiger partial charge in [-0.3, -0.25) is 4.99 Å². The first kappa shape index (κ1) is 22.7. The van der Waals surface area contributed by atoms with Gasteiger partial charge in [-0.1, -0.05) is 63.6 Å². The highest BCUT2D eigenvalue weighted by Gasteiger charge is 2.31. The number of hydrogen-bond acceptors (Lipinski definition) is 7. The number of benzene rings is 1. The number of hydrogen-bond donors (Lipinski definition) is 1. The van der Waals surface area contributed by atoms with E-state index < -0.39 is 4.92 Å². The summed E-state index contributed by atoms with van der Waals surface area (Å²) in [5.41, 5.74) is 6.84. The molecule has 0 spiro atoms. The highest BCUT2D eigenvalue weighted by Crippen LogP contribution is 2.32. The molecule has 0 radical (unpaired) electrons. The lowest BCUT2D eigenvalue weighted by atomic mass is 9.93. The molecular formula is C22H27ClN6O2. The van der Waals surface area contributed by atoms with Crippen LogP contribution in [0.2, 0.25) is 5.15 Å². The molecule has 1 N–H and O–H groups in total. The van der Waals surface area contributed by atoms with E-state index in [2.05, 4.69) is 48.2 Å². The smallest absolute Gasteiger partial charge is 0.358 e. The lowest BCUT2D eigenvalue weighted by molar-refractivity contribution is -0.346. The fourth-order valence-corrected chi connectivity index (χ4v) is 3.64. The number of nitrogens with one attached hydrogen (secondary N) is 1. The molecule has 0 atom stereocenters. The van der Waals surface area contributed by atoms with E-state index in [4.69, 9.17) is 11.6 Å². The Balaban J connectivity index is 1.90. The largest absolute Gasteiger partial charge is 0.430 e. The third kappa shape index (κ3) is 5.38. The molecular weight excluding hydrogens is 416 g/mol. The van der Waals surface area contributed by atoms with Crippen molar-refractivity contribution in [2.45, 2.75) is 46.1 Å². The molecule has 0 saturated carbocycles. The number of aliphatic imine (C=N–C) groups is 1. The van der Waals surface area contributed by atoms with E-state index in [0.717, 1.165) is 22.4 Å². The molecule has 164 valence electrons. The third-order valence-corrected chi connectivity index (χ3v) is 5.34. The van der Waals surface area contributed by atoms with Gasteiger partial charge in [0.25, 0.3) is 0 Å². The van der Waals surface area contributed by atoms with Gasteiger partial charge in [-0.25, -0.2) is 4.98 Å². The molecule has 2 aromatic rings. The van der Waals surface area contributed by atoms with Gasteiger partial charge >= 0.3 is 5.84 Å². The van der Waals surface area contributed by atoms with Crippen molar-refractivity contribution >= 4 is 29.0 Å². The second-order valence-corrected chi connectivity index (χ2v) is 8.43. The summed E-state index contributed by atoms with van der Waals surface area (Å²) in [4.78, 5) is 21.7. The van der Waals surface area contributed by atoms with Gasteiger partial charge in [-0.05, 0) is 39.5 Å². The van der Waals surface area contributed by atoms with Crippen LogP contribution in [0.1, 0.15) is 56.2 Å². The molecule has 1 aliphatic heterocycles. The summed E-state index contributed by atoms with van der Waals surface area (Å²) in [6.07, 6.45) is 1.66. The number of anilines is 1. The van der Waals surface area contributed by atoms with Gasteiger partial charge in [0.15, 0.2) is 0 Å². The van der Waals surface area contributed by atoms with E-state index in [1.54, 1.807) is 12.3 Å². The van der Waals surface area contributed by atoms with E-state index >= 15 is 0 Å². The van der Waals surface area contributed by atoms with Crippen LogP contribution < -0.4 is 5.43 Å². The SMILES string of the molecule is CC(C)c1cccc(C(C)C)c1N/N=C(/C1=NCCN1Cc1ccc(Cl)nc1)[N+](=O)[O-]. The fourth-order valence-electron chi connectivity index (χ4n) is 3.53. The van der Waals surface area contributed by atoms with Gasteiger partial charge in [0, 0.05) is 19.3 Å². The molecule has 9 heteroatoms. The molecule has 1 aromatic carbocycles. The summed E-state index contributed by atoms with van der Waals surface area (Å²) >= 11 is 5.85. The third-order valence-electron chi connectivity index (χ3n) is 5.11. The van der Waals surface area contributed by atoms with Crippen LogP contribution in [-0.2, 0) is 6.54 Å². The van der Waals surface area contributed by atoms with Gasteiger partial charge in [-0.2, -0.15) is 5.43 Å². The number of para-hydroxylation sites is 1. The maximum Gasteiger partial charge on any atom is 0.430 e. The van der Waals surface area contributed by atoms with Crippen molar-refractivity contribution in [3.8, 4) is 0 Å². The minimum atomic E-state index is -0.489. The minimum Gasteiger partial charge on any atom is -0.358 e. The van der Waals surface area contributed by atoms with Crippen LogP contribution >= 0.6 is 11.6 Å². The molecule has 0 amide bonds. The van der Waals surface area contributed by atoms with Crippen LogP contribution in [0.4, 0.5) is 5.69 Å². The summed E-state index contributed by atoms with van der Waals surface area (Å²) in [5, 5.41) is 16.5. The second kappa shape index (κ2) is 9.87. The molecule has 8 nitrogen and oxygen atoms in total. The quantitative estimate of drug-likeness (QED) is 0.216. The van der Waals surface area contributed by atoms with Crippen LogP contribution in [-0.4, -0.2) is 39.6 Å². The van der Waals surface area contributed by atoms with Crippen LogP contribution in [0.3, 0.4) is 0 Å². The van der Waals surface area contributed by atoms with E-state index in [-0.39, 0.29) is 23.5 Å². The van der Waals surface area contributed by atoms with Crippen LogP contribution in [0, 0.1) is 10.1 Å². The van der Waals surface area contributed by atoms with Crippen LogP contribution in [0.15, 0.2) is 46.6 Å². The van der Waals surface area contributed by atoms with Crippen molar-refractivity contribution in [1.82, 2.24) is 9.88 Å². The van der Waals surface area contributed by atoms with Crippen molar-refractivity contribution in [3.05, 3.63) is 68.5 Å². The van der Waals surface area contributed by atoms with Crippen molar-refractivity contribution in [2.24, 2.45) is 10.1 Å². The zero-order valence-corrected chi connectivity index (χ0v) is 18.9. The molecule has 0 aliphatic carbocycles. The zero-order chi connectivity index (χ0) is 22.5. The van der Waals surface area contributed by atoms with E-state index in [1.807, 2.05) is 29.2 Å². The number of hydrazone groups is 1. The Morgan fingerprint density at radius 1 is 1.23 bits per heavy atom. The highest BCUT2D eigenvalue weighted by molar-refractivity contribution is 6.37. The number of pyridine rings is 1. The van der Waals surface area contributed by atoms with Gasteiger partial charge in [0.1, 0.15) is 5.15 Å². The average Bonchev–Trinajstić information content (AvgIpc) is 3.17. The van der Waals surface area contributed by atoms with Gasteiger partial charge in [0.05, 0.1) is 17.3 Å². The second-order valence-electron chi connectivity index (χ2n) is 8.04. The normalized spacial score (nSPS) is 14.4. The zero-order valence-electron chi connectivity index (χ0n) is 18.2. The Morgan fingerprint density at radius 2 is 1.90 bits per heavy atom. The highest BCUT2D eigenvalue weighted by atomic mass is 35.5. The Kier molecular flexibility index (Phi) is 7.22.